The van der Waals surface area contributed by atoms with Crippen LogP contribution >= 0.6 is 0 Å². The molecule has 1 N–H and O–H groups in total. The summed E-state index contributed by atoms with van der Waals surface area (Å²) in [6.07, 6.45) is 4.18. The molecule has 0 saturated heterocycles. The van der Waals surface area contributed by atoms with Crippen LogP contribution in [-0.4, -0.2) is 31.1 Å². The van der Waals surface area contributed by atoms with Crippen LogP contribution in [0.5, 0.6) is 0 Å². The summed E-state index contributed by atoms with van der Waals surface area (Å²) >= 11 is 0. The zero-order valence-electron chi connectivity index (χ0n) is 6.05. The number of nitrogens with zero attached hydrogens (tertiary/aromatic N) is 1. The summed E-state index contributed by atoms with van der Waals surface area (Å²) in [7, 11) is 6.38. The lowest BCUT2D eigenvalue weighted by atomic mass is 10.6. The van der Waals surface area contributed by atoms with Crippen LogP contribution in [0, 0.1) is 0 Å². The first kappa shape index (κ1) is 10.6. The van der Waals surface area contributed by atoms with Crippen LogP contribution in [0.2, 0.25) is 0 Å². The summed E-state index contributed by atoms with van der Waals surface area (Å²) in [6, 6.07) is 0. The van der Waals surface area contributed by atoms with Crippen molar-refractivity contribution in [3.8, 4) is 0 Å². The van der Waals surface area contributed by atoms with Gasteiger partial charge in [-0.1, -0.05) is 0 Å². The summed E-state index contributed by atoms with van der Waals surface area (Å²) in [6.45, 7) is 2.03. The van der Waals surface area contributed by atoms with E-state index in [2.05, 4.69) is 33.4 Å². The molecule has 0 aromatic carbocycles. The Morgan fingerprint density at radius 3 is 1.50 bits per heavy atom. The molecule has 2 heteroatoms. The molecule has 0 aromatic heterocycles. The molecule has 0 atom stereocenters. The number of rotatable bonds is 1. The lowest BCUT2D eigenvalue weighted by Crippen LogP contribution is -2.26. The van der Waals surface area contributed by atoms with E-state index >= 15 is 0 Å². The van der Waals surface area contributed by atoms with E-state index in [9.17, 15) is 0 Å². The van der Waals surface area contributed by atoms with Crippen molar-refractivity contribution in [3.05, 3.63) is 12.3 Å². The number of quaternary nitrogens is 1. The molecular weight excluding hydrogens is 102 g/mol. The van der Waals surface area contributed by atoms with Crippen molar-refractivity contribution in [2.75, 3.05) is 21.1 Å². The van der Waals surface area contributed by atoms with Gasteiger partial charge in [-0.15, -0.1) is 0 Å². The maximum atomic E-state index is 2.12. The molecule has 0 aliphatic rings. The Kier molecular flexibility index (Phi) is 4.82. The maximum Gasteiger partial charge on any atom is 0.0908 e. The van der Waals surface area contributed by atoms with Gasteiger partial charge in [0.05, 0.1) is 27.3 Å². The molecule has 0 rings (SSSR count). The zero-order chi connectivity index (χ0) is 5.91. The van der Waals surface area contributed by atoms with E-state index in [-0.39, 0.29) is 5.48 Å². The second-order valence-corrected chi connectivity index (χ2v) is 2.60. The van der Waals surface area contributed by atoms with Crippen molar-refractivity contribution >= 4 is 0 Å². The van der Waals surface area contributed by atoms with Crippen LogP contribution in [0.4, 0.5) is 0 Å². The fourth-order valence-electron chi connectivity index (χ4n) is 0.447. The van der Waals surface area contributed by atoms with E-state index in [1.807, 2.05) is 6.92 Å². The van der Waals surface area contributed by atoms with Crippen molar-refractivity contribution in [2.45, 2.75) is 6.92 Å². The standard InChI is InChI=1S/C6H14N.H2O/c1-5-6-7(2,3)4;/h5-6H,1-4H3;1H2/q+1;/p-1. The average molecular weight is 117 g/mol. The summed E-state index contributed by atoms with van der Waals surface area (Å²) in [4.78, 5) is 0. The topological polar surface area (TPSA) is 30.0 Å². The van der Waals surface area contributed by atoms with Crippen molar-refractivity contribution in [1.82, 2.24) is 0 Å². The molecule has 2 nitrogen and oxygen atoms in total. The molecule has 0 fully saturated rings. The van der Waals surface area contributed by atoms with E-state index in [1.165, 1.54) is 0 Å². The van der Waals surface area contributed by atoms with Gasteiger partial charge in [-0.05, 0) is 13.0 Å². The van der Waals surface area contributed by atoms with Crippen LogP contribution in [0.25, 0.3) is 0 Å². The summed E-state index contributed by atoms with van der Waals surface area (Å²) in [5.74, 6) is 0. The van der Waals surface area contributed by atoms with E-state index < -0.39 is 0 Å². The van der Waals surface area contributed by atoms with Crippen molar-refractivity contribution in [3.63, 3.8) is 0 Å². The van der Waals surface area contributed by atoms with Crippen LogP contribution in [0.1, 0.15) is 6.92 Å². The Labute approximate surface area is 51.3 Å². The Hall–Kier alpha value is -0.340. The molecular formula is C6H15NO. The summed E-state index contributed by atoms with van der Waals surface area (Å²) in [5.41, 5.74) is 0. The Morgan fingerprint density at radius 1 is 1.12 bits per heavy atom. The quantitative estimate of drug-likeness (QED) is 0.472. The van der Waals surface area contributed by atoms with Gasteiger partial charge in [-0.2, -0.15) is 0 Å². The van der Waals surface area contributed by atoms with Gasteiger partial charge in [0, 0.05) is 0 Å². The lowest BCUT2D eigenvalue weighted by molar-refractivity contribution is -0.817. The molecule has 0 aliphatic heterocycles. The van der Waals surface area contributed by atoms with Gasteiger partial charge < -0.3 is 9.96 Å². The van der Waals surface area contributed by atoms with Gasteiger partial charge >= 0.3 is 0 Å². The van der Waals surface area contributed by atoms with Crippen LogP contribution in [0.3, 0.4) is 0 Å². The molecule has 0 amide bonds. The minimum Gasteiger partial charge on any atom is -0.870 e. The molecule has 0 heterocycles. The first-order valence-corrected chi connectivity index (χ1v) is 2.51. The van der Waals surface area contributed by atoms with Crippen molar-refractivity contribution in [1.29, 1.82) is 0 Å². The van der Waals surface area contributed by atoms with Crippen LogP contribution in [-0.2, 0) is 0 Å². The number of hydrogen-bond donors (Lipinski definition) is 0. The van der Waals surface area contributed by atoms with Gasteiger partial charge in [-0.25, -0.2) is 0 Å². The van der Waals surface area contributed by atoms with Gasteiger partial charge in [0.15, 0.2) is 0 Å². The van der Waals surface area contributed by atoms with E-state index in [1.54, 1.807) is 0 Å². The minimum absolute atomic E-state index is 0. The second kappa shape index (κ2) is 3.64. The third kappa shape index (κ3) is 9.18. The highest BCUT2D eigenvalue weighted by Crippen LogP contribution is 1.88. The molecule has 0 unspecified atom stereocenters. The van der Waals surface area contributed by atoms with E-state index in [4.69, 9.17) is 0 Å². The van der Waals surface area contributed by atoms with E-state index in [0.29, 0.717) is 0 Å². The predicted octanol–water partition coefficient (Wildman–Crippen LogP) is 1.05. The van der Waals surface area contributed by atoms with E-state index in [0.717, 1.165) is 4.48 Å². The van der Waals surface area contributed by atoms with Gasteiger partial charge in [-0.3, -0.25) is 0 Å². The normalized spacial score (nSPS) is 11.5. The first-order valence-electron chi connectivity index (χ1n) is 2.51. The van der Waals surface area contributed by atoms with Crippen LogP contribution in [0.15, 0.2) is 12.3 Å². The molecule has 0 aliphatic carbocycles. The Balaban J connectivity index is 0. The lowest BCUT2D eigenvalue weighted by Gasteiger charge is -2.16. The van der Waals surface area contributed by atoms with Crippen LogP contribution < -0.4 is 0 Å². The SMILES string of the molecule is CC=C[N+](C)(C)C.[OH-]. The first-order chi connectivity index (χ1) is 3.06. The number of hydrogen-bond acceptors (Lipinski definition) is 1. The minimum atomic E-state index is 0. The maximum absolute atomic E-state index is 2.12. The van der Waals surface area contributed by atoms with Gasteiger partial charge in [0.25, 0.3) is 0 Å². The fourth-order valence-corrected chi connectivity index (χ4v) is 0.447. The highest BCUT2D eigenvalue weighted by atomic mass is 16.0. The molecule has 0 radical (unpaired) electrons. The monoisotopic (exact) mass is 117 g/mol. The number of allylic oxidation sites excluding steroid dienone is 1. The summed E-state index contributed by atoms with van der Waals surface area (Å²) < 4.78 is 0.913. The third-order valence-electron chi connectivity index (χ3n) is 0.596. The highest BCUT2D eigenvalue weighted by molar-refractivity contribution is 4.64. The van der Waals surface area contributed by atoms with Gasteiger partial charge in [0.2, 0.25) is 0 Å². The van der Waals surface area contributed by atoms with Gasteiger partial charge in [0.1, 0.15) is 0 Å². The van der Waals surface area contributed by atoms with Crippen molar-refractivity contribution < 1.29 is 9.96 Å². The average Bonchev–Trinajstić information content (AvgIpc) is 1.30. The van der Waals surface area contributed by atoms with Crippen molar-refractivity contribution in [2.24, 2.45) is 0 Å². The molecule has 0 spiro atoms. The molecule has 50 valence electrons. The molecule has 8 heavy (non-hydrogen) atoms. The highest BCUT2D eigenvalue weighted by Gasteiger charge is 1.95. The predicted molar refractivity (Wildman–Crippen MR) is 34.8 cm³/mol. The Bertz CT molecular complexity index is 71.1. The summed E-state index contributed by atoms with van der Waals surface area (Å²) in [5, 5.41) is 0. The smallest absolute Gasteiger partial charge is 0.0908 e. The fraction of sp³-hybridized carbons (Fsp3) is 0.667. The third-order valence-corrected chi connectivity index (χ3v) is 0.596. The zero-order valence-corrected chi connectivity index (χ0v) is 6.05. The largest absolute Gasteiger partial charge is 0.870 e. The molecule has 0 bridgehead atoms. The Morgan fingerprint density at radius 2 is 1.50 bits per heavy atom. The molecule has 0 saturated carbocycles. The molecule has 0 aromatic rings. The second-order valence-electron chi connectivity index (χ2n) is 2.60.